The van der Waals surface area contributed by atoms with Crippen LogP contribution in [0, 0.1) is 17.1 Å². The molecule has 90 valence electrons. The van der Waals surface area contributed by atoms with Gasteiger partial charge in [-0.2, -0.15) is 5.26 Å². The van der Waals surface area contributed by atoms with E-state index in [9.17, 15) is 9.18 Å². The highest BCUT2D eigenvalue weighted by Crippen LogP contribution is 2.27. The maximum Gasteiger partial charge on any atom is 0.319 e. The average Bonchev–Trinajstić information content (AvgIpc) is 2.31. The average molecular weight is 253 g/mol. The molecule has 17 heavy (non-hydrogen) atoms. The number of benzene rings is 1. The van der Waals surface area contributed by atoms with Crippen LogP contribution in [0.1, 0.15) is 19.4 Å². The van der Waals surface area contributed by atoms with Gasteiger partial charge in [0.15, 0.2) is 0 Å². The number of ether oxygens (including phenoxy) is 1. The first-order valence-electron chi connectivity index (χ1n) is 5.11. The molecular weight excluding hydrogens is 241 g/mol. The lowest BCUT2D eigenvalue weighted by Crippen LogP contribution is -2.16. The van der Waals surface area contributed by atoms with Crippen LogP contribution in [-0.2, 0) is 9.53 Å². The normalized spacial score (nSPS) is 11.6. The monoisotopic (exact) mass is 253 g/mol. The molecule has 1 aromatic carbocycles. The number of carbonyl (C=O) groups is 1. The van der Waals surface area contributed by atoms with Crippen molar-refractivity contribution < 1.29 is 13.9 Å². The Morgan fingerprint density at radius 1 is 1.65 bits per heavy atom. The fourth-order valence-electron chi connectivity index (χ4n) is 1.16. The Kier molecular flexibility index (Phi) is 4.98. The van der Waals surface area contributed by atoms with E-state index in [2.05, 4.69) is 0 Å². The molecular formula is C12H12FNO2S. The quantitative estimate of drug-likeness (QED) is 0.611. The molecule has 0 aromatic heterocycles. The van der Waals surface area contributed by atoms with Crippen LogP contribution in [0.25, 0.3) is 0 Å². The Morgan fingerprint density at radius 2 is 2.35 bits per heavy atom. The first-order chi connectivity index (χ1) is 8.08. The molecule has 0 heterocycles. The lowest BCUT2D eigenvalue weighted by molar-refractivity contribution is -0.142. The molecule has 0 aliphatic heterocycles. The molecule has 0 fully saturated rings. The van der Waals surface area contributed by atoms with E-state index >= 15 is 0 Å². The van der Waals surface area contributed by atoms with Crippen molar-refractivity contribution in [1.29, 1.82) is 5.26 Å². The smallest absolute Gasteiger partial charge is 0.319 e. The fourth-order valence-corrected chi connectivity index (χ4v) is 2.03. The molecule has 3 nitrogen and oxygen atoms in total. The summed E-state index contributed by atoms with van der Waals surface area (Å²) in [7, 11) is 0. The number of carbonyl (C=O) groups excluding carboxylic acids is 1. The third-order valence-electron chi connectivity index (χ3n) is 1.98. The van der Waals surface area contributed by atoms with Gasteiger partial charge in [0.25, 0.3) is 0 Å². The highest BCUT2D eigenvalue weighted by atomic mass is 32.2. The van der Waals surface area contributed by atoms with Crippen molar-refractivity contribution in [3.05, 3.63) is 29.6 Å². The van der Waals surface area contributed by atoms with Gasteiger partial charge in [0, 0.05) is 4.90 Å². The van der Waals surface area contributed by atoms with Gasteiger partial charge in [-0.15, -0.1) is 11.8 Å². The Hall–Kier alpha value is -1.54. The highest BCUT2D eigenvalue weighted by molar-refractivity contribution is 8.00. The molecule has 0 amide bonds. The first-order valence-corrected chi connectivity index (χ1v) is 5.99. The summed E-state index contributed by atoms with van der Waals surface area (Å²) in [6.45, 7) is 3.68. The first kappa shape index (κ1) is 13.5. The summed E-state index contributed by atoms with van der Waals surface area (Å²) in [5, 5.41) is 8.12. The van der Waals surface area contributed by atoms with Crippen LogP contribution in [0.2, 0.25) is 0 Å². The maximum absolute atomic E-state index is 13.5. The van der Waals surface area contributed by atoms with Crippen molar-refractivity contribution in [3.8, 4) is 6.07 Å². The van der Waals surface area contributed by atoms with Crippen molar-refractivity contribution in [2.24, 2.45) is 0 Å². The van der Waals surface area contributed by atoms with Gasteiger partial charge in [0.05, 0.1) is 18.2 Å². The van der Waals surface area contributed by atoms with E-state index in [0.29, 0.717) is 11.5 Å². The summed E-state index contributed by atoms with van der Waals surface area (Å²) in [6.07, 6.45) is 0. The van der Waals surface area contributed by atoms with E-state index in [-0.39, 0.29) is 11.5 Å². The number of halogens is 1. The molecule has 0 aliphatic rings. The second-order valence-electron chi connectivity index (χ2n) is 3.27. The zero-order chi connectivity index (χ0) is 12.8. The number of thioether (sulfide) groups is 1. The van der Waals surface area contributed by atoms with Gasteiger partial charge in [-0.3, -0.25) is 4.79 Å². The zero-order valence-corrected chi connectivity index (χ0v) is 10.4. The molecule has 0 saturated heterocycles. The van der Waals surface area contributed by atoms with E-state index in [4.69, 9.17) is 10.00 Å². The summed E-state index contributed by atoms with van der Waals surface area (Å²) >= 11 is 1.08. The van der Waals surface area contributed by atoms with Gasteiger partial charge >= 0.3 is 5.97 Å². The Bertz CT molecular complexity index is 456. The van der Waals surface area contributed by atoms with Gasteiger partial charge in [0.2, 0.25) is 0 Å². The standard InChI is InChI=1S/C12H12FNO2S/c1-3-16-12(15)8(2)17-11-5-4-9(7-14)6-10(11)13/h4-6,8H,3H2,1-2H3/t8-/m1/s1. The maximum atomic E-state index is 13.5. The van der Waals surface area contributed by atoms with Crippen molar-refractivity contribution in [2.45, 2.75) is 24.0 Å². The van der Waals surface area contributed by atoms with Crippen LogP contribution in [0.15, 0.2) is 23.1 Å². The summed E-state index contributed by atoms with van der Waals surface area (Å²) in [5.74, 6) is -0.869. The second kappa shape index (κ2) is 6.26. The highest BCUT2D eigenvalue weighted by Gasteiger charge is 2.17. The molecule has 0 spiro atoms. The van der Waals surface area contributed by atoms with Gasteiger partial charge in [-0.25, -0.2) is 4.39 Å². The van der Waals surface area contributed by atoms with E-state index in [1.165, 1.54) is 12.1 Å². The molecule has 0 radical (unpaired) electrons. The largest absolute Gasteiger partial charge is 0.465 e. The topological polar surface area (TPSA) is 50.1 Å². The minimum Gasteiger partial charge on any atom is -0.465 e. The third kappa shape index (κ3) is 3.75. The SMILES string of the molecule is CCOC(=O)[C@@H](C)Sc1ccc(C#N)cc1F. The second-order valence-corrected chi connectivity index (χ2v) is 4.65. The van der Waals surface area contributed by atoms with Crippen molar-refractivity contribution in [3.63, 3.8) is 0 Å². The molecule has 5 heteroatoms. The summed E-state index contributed by atoms with van der Waals surface area (Å²) < 4.78 is 18.3. The molecule has 0 bridgehead atoms. The van der Waals surface area contributed by atoms with Crippen molar-refractivity contribution in [1.82, 2.24) is 0 Å². The van der Waals surface area contributed by atoms with Crippen LogP contribution in [0.4, 0.5) is 4.39 Å². The van der Waals surface area contributed by atoms with Gasteiger partial charge < -0.3 is 4.74 Å². The number of nitrogens with zero attached hydrogens (tertiary/aromatic N) is 1. The molecule has 1 rings (SSSR count). The predicted octanol–water partition coefficient (Wildman–Crippen LogP) is 2.74. The Labute approximate surface area is 104 Å². The summed E-state index contributed by atoms with van der Waals surface area (Å²) in [6, 6.07) is 6.01. The minimum absolute atomic E-state index is 0.260. The van der Waals surface area contributed by atoms with Crippen LogP contribution >= 0.6 is 11.8 Å². The predicted molar refractivity (Wildman–Crippen MR) is 63.1 cm³/mol. The zero-order valence-electron chi connectivity index (χ0n) is 9.57. The molecule has 0 N–H and O–H groups in total. The fraction of sp³-hybridized carbons (Fsp3) is 0.333. The van der Waals surface area contributed by atoms with Crippen LogP contribution in [0.3, 0.4) is 0 Å². The molecule has 0 saturated carbocycles. The molecule has 1 atom stereocenters. The minimum atomic E-state index is -0.495. The van der Waals surface area contributed by atoms with E-state index in [1.54, 1.807) is 13.8 Å². The van der Waals surface area contributed by atoms with E-state index < -0.39 is 11.1 Å². The van der Waals surface area contributed by atoms with Crippen LogP contribution in [-0.4, -0.2) is 17.8 Å². The van der Waals surface area contributed by atoms with E-state index in [1.807, 2.05) is 6.07 Å². The summed E-state index contributed by atoms with van der Waals surface area (Å²) in [5.41, 5.74) is 0.260. The number of hydrogen-bond acceptors (Lipinski definition) is 4. The number of nitriles is 1. The number of rotatable bonds is 4. The number of hydrogen-bond donors (Lipinski definition) is 0. The lowest BCUT2D eigenvalue weighted by Gasteiger charge is -2.10. The Balaban J connectivity index is 2.75. The van der Waals surface area contributed by atoms with Gasteiger partial charge in [-0.1, -0.05) is 0 Å². The van der Waals surface area contributed by atoms with Crippen molar-refractivity contribution in [2.75, 3.05) is 6.61 Å². The summed E-state index contributed by atoms with van der Waals surface area (Å²) in [4.78, 5) is 11.7. The molecule has 1 aromatic rings. The van der Waals surface area contributed by atoms with E-state index in [0.717, 1.165) is 17.8 Å². The molecule has 0 aliphatic carbocycles. The van der Waals surface area contributed by atoms with Crippen LogP contribution in [0.5, 0.6) is 0 Å². The third-order valence-corrected chi connectivity index (χ3v) is 3.11. The van der Waals surface area contributed by atoms with Crippen LogP contribution < -0.4 is 0 Å². The Morgan fingerprint density at radius 3 is 2.88 bits per heavy atom. The lowest BCUT2D eigenvalue weighted by atomic mass is 10.2. The van der Waals surface area contributed by atoms with Gasteiger partial charge in [-0.05, 0) is 32.0 Å². The number of esters is 1. The van der Waals surface area contributed by atoms with Crippen molar-refractivity contribution >= 4 is 17.7 Å². The molecule has 0 unspecified atom stereocenters. The van der Waals surface area contributed by atoms with Gasteiger partial charge in [0.1, 0.15) is 11.1 Å².